The lowest BCUT2D eigenvalue weighted by Crippen LogP contribution is -2.39. The predicted molar refractivity (Wildman–Crippen MR) is 59.2 cm³/mol. The summed E-state index contributed by atoms with van der Waals surface area (Å²) in [6.07, 6.45) is 0.975. The van der Waals surface area contributed by atoms with Crippen molar-refractivity contribution in [2.24, 2.45) is 11.7 Å². The van der Waals surface area contributed by atoms with Crippen LogP contribution in [0.4, 0.5) is 4.39 Å². The van der Waals surface area contributed by atoms with E-state index in [0.29, 0.717) is 12.5 Å². The summed E-state index contributed by atoms with van der Waals surface area (Å²) >= 11 is 0. The fraction of sp³-hybridized carbons (Fsp3) is 0.500. The first-order valence-corrected chi connectivity index (χ1v) is 5.48. The third-order valence-corrected chi connectivity index (χ3v) is 3.22. The topological polar surface area (TPSA) is 38.0 Å². The van der Waals surface area contributed by atoms with Gasteiger partial charge in [-0.25, -0.2) is 4.39 Å². The van der Waals surface area contributed by atoms with E-state index >= 15 is 0 Å². The zero-order valence-corrected chi connectivity index (χ0v) is 8.75. The summed E-state index contributed by atoms with van der Waals surface area (Å²) in [5.41, 5.74) is 6.55. The highest BCUT2D eigenvalue weighted by atomic mass is 19.1. The maximum Gasteiger partial charge on any atom is 0.126 e. The van der Waals surface area contributed by atoms with Crippen molar-refractivity contribution in [2.45, 2.75) is 12.3 Å². The van der Waals surface area contributed by atoms with E-state index in [2.05, 4.69) is 5.32 Å². The first-order valence-electron chi connectivity index (χ1n) is 5.48. The van der Waals surface area contributed by atoms with Crippen LogP contribution in [0.5, 0.6) is 0 Å². The lowest BCUT2D eigenvalue weighted by atomic mass is 9.81. The first-order chi connectivity index (χ1) is 7.33. The van der Waals surface area contributed by atoms with E-state index in [1.54, 1.807) is 6.07 Å². The average Bonchev–Trinajstić information content (AvgIpc) is 2.30. The average molecular weight is 208 g/mol. The summed E-state index contributed by atoms with van der Waals surface area (Å²) in [6.45, 7) is 2.47. The standard InChI is InChI=1S/C12H17FN2/c13-12-4-2-1-3-11(12)10-5-6-15-8-9(10)7-14/h1-4,9-10,15H,5-8,14H2. The zero-order valence-electron chi connectivity index (χ0n) is 8.75. The van der Waals surface area contributed by atoms with E-state index in [1.165, 1.54) is 6.07 Å². The van der Waals surface area contributed by atoms with E-state index in [-0.39, 0.29) is 11.7 Å². The fourth-order valence-electron chi connectivity index (χ4n) is 2.36. The van der Waals surface area contributed by atoms with Crippen LogP contribution in [0.25, 0.3) is 0 Å². The SMILES string of the molecule is NCC1CNCCC1c1ccccc1F. The third kappa shape index (κ3) is 2.19. The number of rotatable bonds is 2. The Morgan fingerprint density at radius 1 is 1.40 bits per heavy atom. The Hall–Kier alpha value is -0.930. The van der Waals surface area contributed by atoms with Gasteiger partial charge in [0.05, 0.1) is 0 Å². The number of hydrogen-bond donors (Lipinski definition) is 2. The lowest BCUT2D eigenvalue weighted by Gasteiger charge is -2.31. The number of halogens is 1. The normalized spacial score (nSPS) is 26.5. The van der Waals surface area contributed by atoms with Crippen molar-refractivity contribution in [2.75, 3.05) is 19.6 Å². The minimum atomic E-state index is -0.0946. The van der Waals surface area contributed by atoms with Crippen molar-refractivity contribution in [3.05, 3.63) is 35.6 Å². The maximum atomic E-state index is 13.6. The van der Waals surface area contributed by atoms with Crippen LogP contribution in [0.1, 0.15) is 17.9 Å². The molecule has 3 heteroatoms. The van der Waals surface area contributed by atoms with E-state index < -0.39 is 0 Å². The Morgan fingerprint density at radius 3 is 2.93 bits per heavy atom. The van der Waals surface area contributed by atoms with E-state index in [0.717, 1.165) is 25.1 Å². The van der Waals surface area contributed by atoms with Gasteiger partial charge >= 0.3 is 0 Å². The second-order valence-corrected chi connectivity index (χ2v) is 4.12. The molecule has 1 aliphatic rings. The van der Waals surface area contributed by atoms with Crippen LogP contribution in [0, 0.1) is 11.7 Å². The molecule has 0 aromatic heterocycles. The smallest absolute Gasteiger partial charge is 0.126 e. The summed E-state index contributed by atoms with van der Waals surface area (Å²) < 4.78 is 13.6. The predicted octanol–water partition coefficient (Wildman–Crippen LogP) is 1.48. The fourth-order valence-corrected chi connectivity index (χ4v) is 2.36. The molecule has 1 aromatic rings. The number of hydrogen-bond acceptors (Lipinski definition) is 2. The highest BCUT2D eigenvalue weighted by Crippen LogP contribution is 2.31. The Labute approximate surface area is 89.7 Å². The molecule has 0 radical (unpaired) electrons. The van der Waals surface area contributed by atoms with Gasteiger partial charge in [-0.05, 0) is 49.5 Å². The summed E-state index contributed by atoms with van der Waals surface area (Å²) in [4.78, 5) is 0. The second-order valence-electron chi connectivity index (χ2n) is 4.12. The highest BCUT2D eigenvalue weighted by molar-refractivity contribution is 5.23. The van der Waals surface area contributed by atoms with Crippen molar-refractivity contribution < 1.29 is 4.39 Å². The molecule has 1 heterocycles. The molecular weight excluding hydrogens is 191 g/mol. The number of nitrogens with two attached hydrogens (primary N) is 1. The Kier molecular flexibility index (Phi) is 3.34. The van der Waals surface area contributed by atoms with Gasteiger partial charge in [0.2, 0.25) is 0 Å². The molecule has 1 saturated heterocycles. The monoisotopic (exact) mass is 208 g/mol. The van der Waals surface area contributed by atoms with Crippen molar-refractivity contribution in [1.29, 1.82) is 0 Å². The molecule has 0 saturated carbocycles. The van der Waals surface area contributed by atoms with E-state index in [9.17, 15) is 4.39 Å². The Balaban J connectivity index is 2.24. The quantitative estimate of drug-likeness (QED) is 0.772. The molecule has 2 nitrogen and oxygen atoms in total. The molecule has 82 valence electrons. The highest BCUT2D eigenvalue weighted by Gasteiger charge is 2.26. The molecule has 2 unspecified atom stereocenters. The maximum absolute atomic E-state index is 13.6. The van der Waals surface area contributed by atoms with E-state index in [4.69, 9.17) is 5.73 Å². The molecular formula is C12H17FN2. The summed E-state index contributed by atoms with van der Waals surface area (Å²) in [7, 11) is 0. The van der Waals surface area contributed by atoms with Crippen LogP contribution in [-0.4, -0.2) is 19.6 Å². The summed E-state index contributed by atoms with van der Waals surface area (Å²) in [5, 5.41) is 3.30. The van der Waals surface area contributed by atoms with Crippen LogP contribution >= 0.6 is 0 Å². The van der Waals surface area contributed by atoms with Crippen LogP contribution in [0.2, 0.25) is 0 Å². The van der Waals surface area contributed by atoms with Crippen molar-refractivity contribution in [3.8, 4) is 0 Å². The summed E-state index contributed by atoms with van der Waals surface area (Å²) in [5.74, 6) is 0.538. The van der Waals surface area contributed by atoms with Gasteiger partial charge in [0.25, 0.3) is 0 Å². The molecule has 2 rings (SSSR count). The van der Waals surface area contributed by atoms with Gasteiger partial charge in [-0.15, -0.1) is 0 Å². The van der Waals surface area contributed by atoms with Gasteiger partial charge in [-0.1, -0.05) is 18.2 Å². The van der Waals surface area contributed by atoms with Gasteiger partial charge in [-0.3, -0.25) is 0 Å². The minimum Gasteiger partial charge on any atom is -0.330 e. The molecule has 0 amide bonds. The molecule has 1 fully saturated rings. The van der Waals surface area contributed by atoms with Gasteiger partial charge in [0.1, 0.15) is 5.82 Å². The Bertz CT molecular complexity index is 327. The third-order valence-electron chi connectivity index (χ3n) is 3.22. The molecule has 15 heavy (non-hydrogen) atoms. The van der Waals surface area contributed by atoms with Crippen LogP contribution in [0.15, 0.2) is 24.3 Å². The number of nitrogens with one attached hydrogen (secondary N) is 1. The zero-order chi connectivity index (χ0) is 10.7. The van der Waals surface area contributed by atoms with Gasteiger partial charge in [0, 0.05) is 0 Å². The van der Waals surface area contributed by atoms with Crippen molar-refractivity contribution in [3.63, 3.8) is 0 Å². The van der Waals surface area contributed by atoms with Crippen LogP contribution < -0.4 is 11.1 Å². The lowest BCUT2D eigenvalue weighted by molar-refractivity contribution is 0.326. The minimum absolute atomic E-state index is 0.0946. The molecule has 1 aromatic carbocycles. The molecule has 1 aliphatic heterocycles. The largest absolute Gasteiger partial charge is 0.330 e. The van der Waals surface area contributed by atoms with Gasteiger partial charge in [0.15, 0.2) is 0 Å². The molecule has 3 N–H and O–H groups in total. The number of benzene rings is 1. The molecule has 0 aliphatic carbocycles. The second kappa shape index (κ2) is 4.73. The van der Waals surface area contributed by atoms with Gasteiger partial charge < -0.3 is 11.1 Å². The van der Waals surface area contributed by atoms with E-state index in [1.807, 2.05) is 12.1 Å². The Morgan fingerprint density at radius 2 is 2.20 bits per heavy atom. The first kappa shape index (κ1) is 10.6. The number of piperidine rings is 1. The van der Waals surface area contributed by atoms with Crippen LogP contribution in [0.3, 0.4) is 0 Å². The van der Waals surface area contributed by atoms with Crippen molar-refractivity contribution in [1.82, 2.24) is 5.32 Å². The van der Waals surface area contributed by atoms with Gasteiger partial charge in [-0.2, -0.15) is 0 Å². The molecule has 0 spiro atoms. The van der Waals surface area contributed by atoms with Crippen molar-refractivity contribution >= 4 is 0 Å². The molecule has 2 atom stereocenters. The van der Waals surface area contributed by atoms with Crippen LogP contribution in [-0.2, 0) is 0 Å². The summed E-state index contributed by atoms with van der Waals surface area (Å²) in [6, 6.07) is 7.05. The molecule has 0 bridgehead atoms.